The summed E-state index contributed by atoms with van der Waals surface area (Å²) in [5.74, 6) is -0.383. The van der Waals surface area contributed by atoms with E-state index in [0.717, 1.165) is 12.1 Å². The van der Waals surface area contributed by atoms with Crippen LogP contribution in [0.3, 0.4) is 0 Å². The first-order valence-corrected chi connectivity index (χ1v) is 10.8. The second-order valence-corrected chi connectivity index (χ2v) is 8.11. The average Bonchev–Trinajstić information content (AvgIpc) is 2.72. The topological polar surface area (TPSA) is 93.7 Å². The Kier molecular flexibility index (Phi) is 8.84. The minimum atomic E-state index is -4.59. The lowest BCUT2D eigenvalue weighted by molar-refractivity contribution is -0.137. The lowest BCUT2D eigenvalue weighted by atomic mass is 10.2. The summed E-state index contributed by atoms with van der Waals surface area (Å²) >= 11 is 0. The van der Waals surface area contributed by atoms with Gasteiger partial charge in [0.2, 0.25) is 0 Å². The fraction of sp³-hybridized carbons (Fsp3) is 0.350. The van der Waals surface area contributed by atoms with Gasteiger partial charge in [-0.15, -0.1) is 0 Å². The minimum Gasteiger partial charge on any atom is -0.382 e. The molecule has 0 saturated heterocycles. The lowest BCUT2D eigenvalue weighted by Gasteiger charge is -2.12. The van der Waals surface area contributed by atoms with Gasteiger partial charge >= 0.3 is 6.18 Å². The van der Waals surface area contributed by atoms with Crippen LogP contribution in [0.15, 0.2) is 53.4 Å². The number of ether oxygens (including phenoxy) is 2. The zero-order valence-corrected chi connectivity index (χ0v) is 17.6. The first-order chi connectivity index (χ1) is 14.6. The van der Waals surface area contributed by atoms with Crippen LogP contribution < -0.4 is 10.0 Å². The van der Waals surface area contributed by atoms with E-state index >= 15 is 0 Å². The van der Waals surface area contributed by atoms with Crippen LogP contribution in [0, 0.1) is 0 Å². The van der Waals surface area contributed by atoms with Gasteiger partial charge in [0.1, 0.15) is 0 Å². The maximum absolute atomic E-state index is 12.8. The number of carbonyl (C=O) groups excluding carboxylic acids is 1. The van der Waals surface area contributed by atoms with Crippen LogP contribution in [0.1, 0.15) is 22.3 Å². The molecule has 0 atom stereocenters. The van der Waals surface area contributed by atoms with Gasteiger partial charge in [-0.25, -0.2) is 8.42 Å². The van der Waals surface area contributed by atoms with Gasteiger partial charge in [-0.3, -0.25) is 9.52 Å². The number of hydrogen-bond donors (Lipinski definition) is 2. The summed E-state index contributed by atoms with van der Waals surface area (Å²) in [6.45, 7) is 1.80. The van der Waals surface area contributed by atoms with Crippen LogP contribution >= 0.6 is 0 Å². The number of benzene rings is 2. The van der Waals surface area contributed by atoms with Crippen LogP contribution in [-0.2, 0) is 25.7 Å². The number of alkyl halides is 3. The Bertz CT molecular complexity index is 964. The second-order valence-electron chi connectivity index (χ2n) is 6.42. The van der Waals surface area contributed by atoms with Gasteiger partial charge in [0, 0.05) is 31.5 Å². The molecule has 2 rings (SSSR count). The highest BCUT2D eigenvalue weighted by molar-refractivity contribution is 7.92. The zero-order chi connectivity index (χ0) is 22.9. The molecule has 0 saturated carbocycles. The van der Waals surface area contributed by atoms with Crippen molar-refractivity contribution in [2.45, 2.75) is 17.5 Å². The highest BCUT2D eigenvalue weighted by Crippen LogP contribution is 2.31. The first-order valence-electron chi connectivity index (χ1n) is 9.28. The molecule has 170 valence electrons. The number of sulfonamides is 1. The summed E-state index contributed by atoms with van der Waals surface area (Å²) in [5.41, 5.74) is -0.938. The molecule has 0 heterocycles. The van der Waals surface area contributed by atoms with E-state index in [1.807, 2.05) is 0 Å². The maximum atomic E-state index is 12.8. The van der Waals surface area contributed by atoms with Crippen molar-refractivity contribution in [1.29, 1.82) is 0 Å². The first kappa shape index (κ1) is 24.6. The van der Waals surface area contributed by atoms with E-state index in [-0.39, 0.29) is 22.1 Å². The van der Waals surface area contributed by atoms with Crippen molar-refractivity contribution in [1.82, 2.24) is 5.32 Å². The minimum absolute atomic E-state index is 0.187. The standard InChI is InChI=1S/C20H23F3N2O5S/c1-29-12-13-30-11-3-10-24-19(26)15-6-8-18(9-7-15)31(27,28)25-17-5-2-4-16(14-17)20(21,22)23/h2,4-9,14,25H,3,10-13H2,1H3,(H,24,26). The van der Waals surface area contributed by atoms with Crippen LogP contribution in [0.4, 0.5) is 18.9 Å². The number of carbonyl (C=O) groups is 1. The quantitative estimate of drug-likeness (QED) is 0.502. The third kappa shape index (κ3) is 7.85. The molecule has 11 heteroatoms. The van der Waals surface area contributed by atoms with E-state index in [0.29, 0.717) is 38.9 Å². The molecule has 7 nitrogen and oxygen atoms in total. The van der Waals surface area contributed by atoms with Crippen molar-refractivity contribution < 1.29 is 35.9 Å². The predicted octanol–water partition coefficient (Wildman–Crippen LogP) is 3.29. The molecular weight excluding hydrogens is 437 g/mol. The molecule has 0 fully saturated rings. The van der Waals surface area contributed by atoms with Crippen molar-refractivity contribution in [3.63, 3.8) is 0 Å². The molecule has 0 aromatic heterocycles. The van der Waals surface area contributed by atoms with Crippen molar-refractivity contribution in [3.05, 3.63) is 59.7 Å². The maximum Gasteiger partial charge on any atom is 0.416 e. The van der Waals surface area contributed by atoms with Crippen LogP contribution in [0.2, 0.25) is 0 Å². The number of halogens is 3. The number of hydrogen-bond acceptors (Lipinski definition) is 5. The molecule has 0 unspecified atom stereocenters. The molecule has 0 bridgehead atoms. The van der Waals surface area contributed by atoms with E-state index < -0.39 is 21.8 Å². The van der Waals surface area contributed by atoms with Gasteiger partial charge in [0.25, 0.3) is 15.9 Å². The molecule has 2 N–H and O–H groups in total. The summed E-state index contributed by atoms with van der Waals surface area (Å²) < 4.78 is 75.5. The number of rotatable bonds is 11. The predicted molar refractivity (Wildman–Crippen MR) is 108 cm³/mol. The Morgan fingerprint density at radius 1 is 1.03 bits per heavy atom. The fourth-order valence-electron chi connectivity index (χ4n) is 2.48. The monoisotopic (exact) mass is 460 g/mol. The average molecular weight is 460 g/mol. The zero-order valence-electron chi connectivity index (χ0n) is 16.7. The summed E-state index contributed by atoms with van der Waals surface area (Å²) in [5, 5.41) is 2.69. The molecular formula is C20H23F3N2O5S. The number of amides is 1. The Balaban J connectivity index is 1.93. The van der Waals surface area contributed by atoms with Gasteiger partial charge < -0.3 is 14.8 Å². The third-order valence-corrected chi connectivity index (χ3v) is 5.45. The molecule has 0 radical (unpaired) electrons. The van der Waals surface area contributed by atoms with Crippen molar-refractivity contribution >= 4 is 21.6 Å². The number of nitrogens with one attached hydrogen (secondary N) is 2. The molecule has 0 spiro atoms. The van der Waals surface area contributed by atoms with Crippen LogP contribution in [0.25, 0.3) is 0 Å². The molecule has 1 amide bonds. The molecule has 0 aliphatic rings. The van der Waals surface area contributed by atoms with E-state index in [2.05, 4.69) is 10.0 Å². The van der Waals surface area contributed by atoms with Gasteiger partial charge in [-0.1, -0.05) is 6.07 Å². The summed E-state index contributed by atoms with van der Waals surface area (Å²) in [6, 6.07) is 8.94. The smallest absolute Gasteiger partial charge is 0.382 e. The number of anilines is 1. The van der Waals surface area contributed by atoms with E-state index in [9.17, 15) is 26.4 Å². The highest BCUT2D eigenvalue weighted by atomic mass is 32.2. The van der Waals surface area contributed by atoms with E-state index in [1.54, 1.807) is 7.11 Å². The Morgan fingerprint density at radius 2 is 1.74 bits per heavy atom. The van der Waals surface area contributed by atoms with E-state index in [1.165, 1.54) is 30.3 Å². The van der Waals surface area contributed by atoms with Gasteiger partial charge in [0.05, 0.1) is 23.7 Å². The number of methoxy groups -OCH3 is 1. The Hall–Kier alpha value is -2.63. The normalized spacial score (nSPS) is 11.9. The third-order valence-electron chi connectivity index (χ3n) is 4.05. The van der Waals surface area contributed by atoms with Crippen molar-refractivity contribution in [3.8, 4) is 0 Å². The van der Waals surface area contributed by atoms with Crippen LogP contribution in [0.5, 0.6) is 0 Å². The SMILES string of the molecule is COCCOCCCNC(=O)c1ccc(S(=O)(=O)Nc2cccc(C(F)(F)F)c2)cc1. The second kappa shape index (κ2) is 11.1. The van der Waals surface area contributed by atoms with Crippen molar-refractivity contribution in [2.24, 2.45) is 0 Å². The summed E-state index contributed by atoms with van der Waals surface area (Å²) in [6.07, 6.45) is -3.99. The Morgan fingerprint density at radius 3 is 2.39 bits per heavy atom. The molecule has 0 aliphatic carbocycles. The van der Waals surface area contributed by atoms with Gasteiger partial charge in [-0.2, -0.15) is 13.2 Å². The molecule has 0 aliphatic heterocycles. The summed E-state index contributed by atoms with van der Waals surface area (Å²) in [7, 11) is -2.55. The molecule has 2 aromatic rings. The van der Waals surface area contributed by atoms with Gasteiger partial charge in [0.15, 0.2) is 0 Å². The molecule has 31 heavy (non-hydrogen) atoms. The Labute approximate surface area is 178 Å². The van der Waals surface area contributed by atoms with E-state index in [4.69, 9.17) is 9.47 Å². The highest BCUT2D eigenvalue weighted by Gasteiger charge is 2.30. The lowest BCUT2D eigenvalue weighted by Crippen LogP contribution is -2.25. The summed E-state index contributed by atoms with van der Waals surface area (Å²) in [4.78, 5) is 11.9. The largest absolute Gasteiger partial charge is 0.416 e. The van der Waals surface area contributed by atoms with Crippen LogP contribution in [-0.4, -0.2) is 47.8 Å². The molecule has 2 aromatic carbocycles. The van der Waals surface area contributed by atoms with Gasteiger partial charge in [-0.05, 0) is 48.9 Å². The fourth-order valence-corrected chi connectivity index (χ4v) is 3.53. The van der Waals surface area contributed by atoms with Crippen molar-refractivity contribution in [2.75, 3.05) is 38.2 Å².